The number of hydrogen-bond acceptors (Lipinski definition) is 5. The summed E-state index contributed by atoms with van der Waals surface area (Å²) < 4.78 is 1.79. The maximum Gasteiger partial charge on any atom is 0.269 e. The number of carbonyl (C=O) groups excluding carboxylic acids is 1. The molecule has 1 amide bonds. The summed E-state index contributed by atoms with van der Waals surface area (Å²) in [5, 5.41) is 23.5. The molecule has 2 heterocycles. The summed E-state index contributed by atoms with van der Waals surface area (Å²) in [6.07, 6.45) is 2.72. The van der Waals surface area contributed by atoms with E-state index in [1.165, 1.54) is 0 Å². The minimum absolute atomic E-state index is 0.0753. The number of rotatable bonds is 7. The van der Waals surface area contributed by atoms with Gasteiger partial charge in [-0.2, -0.15) is 22.0 Å². The number of carbonyl (C=O) groups is 1. The summed E-state index contributed by atoms with van der Waals surface area (Å²) in [6, 6.07) is 1.47. The van der Waals surface area contributed by atoms with Crippen LogP contribution in [0.3, 0.4) is 0 Å². The van der Waals surface area contributed by atoms with Gasteiger partial charge in [0.25, 0.3) is 5.91 Å². The van der Waals surface area contributed by atoms with E-state index >= 15 is 0 Å². The van der Waals surface area contributed by atoms with Crippen LogP contribution < -0.4 is 5.32 Å². The van der Waals surface area contributed by atoms with Crippen LogP contribution in [0.5, 0.6) is 0 Å². The predicted molar refractivity (Wildman–Crippen MR) is 91.6 cm³/mol. The Labute approximate surface area is 139 Å². The van der Waals surface area contributed by atoms with Crippen LogP contribution in [0.25, 0.3) is 11.3 Å². The van der Waals surface area contributed by atoms with E-state index in [-0.39, 0.29) is 18.6 Å². The number of amides is 1. The first-order valence-corrected chi connectivity index (χ1v) is 8.84. The number of aliphatic hydroxyl groups is 1. The molecule has 0 spiro atoms. The van der Waals surface area contributed by atoms with Crippen molar-refractivity contribution in [1.82, 2.24) is 25.3 Å². The molecule has 0 fully saturated rings. The highest BCUT2D eigenvalue weighted by Gasteiger charge is 2.18. The van der Waals surface area contributed by atoms with E-state index in [0.717, 1.165) is 29.1 Å². The van der Waals surface area contributed by atoms with Gasteiger partial charge in [0.1, 0.15) is 5.69 Å². The van der Waals surface area contributed by atoms with Crippen LogP contribution in [0.2, 0.25) is 0 Å². The lowest BCUT2D eigenvalue weighted by molar-refractivity contribution is 0.0910. The first kappa shape index (κ1) is 17.6. The summed E-state index contributed by atoms with van der Waals surface area (Å²) in [4.78, 5) is 12.3. The maximum atomic E-state index is 12.3. The first-order chi connectivity index (χ1) is 11.0. The molecule has 7 nitrogen and oxygen atoms in total. The molecular formula is C15H23N5O2S. The predicted octanol–water partition coefficient (Wildman–Crippen LogP) is 1.27. The van der Waals surface area contributed by atoms with Crippen molar-refractivity contribution >= 4 is 17.7 Å². The molecule has 0 aliphatic heterocycles. The number of aryl methyl sites for hydroxylation is 2. The normalized spacial score (nSPS) is 12.4. The van der Waals surface area contributed by atoms with Gasteiger partial charge < -0.3 is 10.4 Å². The molecule has 0 bridgehead atoms. The summed E-state index contributed by atoms with van der Waals surface area (Å²) in [6.45, 7) is 3.81. The lowest BCUT2D eigenvalue weighted by atomic mass is 10.1. The zero-order valence-corrected chi connectivity index (χ0v) is 14.7. The van der Waals surface area contributed by atoms with Gasteiger partial charge in [-0.1, -0.05) is 0 Å². The minimum Gasteiger partial charge on any atom is -0.394 e. The summed E-state index contributed by atoms with van der Waals surface area (Å²) in [7, 11) is 1.88. The smallest absolute Gasteiger partial charge is 0.269 e. The van der Waals surface area contributed by atoms with Gasteiger partial charge in [0.15, 0.2) is 0 Å². The second-order valence-electron chi connectivity index (χ2n) is 5.47. The Bertz CT molecular complexity index is 679. The van der Waals surface area contributed by atoms with E-state index in [2.05, 4.69) is 20.6 Å². The van der Waals surface area contributed by atoms with E-state index < -0.39 is 0 Å². The van der Waals surface area contributed by atoms with E-state index in [4.69, 9.17) is 0 Å². The van der Waals surface area contributed by atoms with Gasteiger partial charge >= 0.3 is 0 Å². The Morgan fingerprint density at radius 2 is 2.26 bits per heavy atom. The SMILES string of the molecule is CSCC[C@H](CO)NC(=O)c1cc(-c2c(C)nn(C)c2C)n[nH]1. The largest absolute Gasteiger partial charge is 0.394 e. The third kappa shape index (κ3) is 3.94. The van der Waals surface area contributed by atoms with Crippen LogP contribution in [0, 0.1) is 13.8 Å². The molecule has 2 aromatic heterocycles. The topological polar surface area (TPSA) is 95.8 Å². The molecule has 0 aromatic carbocycles. The van der Waals surface area contributed by atoms with Crippen molar-refractivity contribution in [2.45, 2.75) is 26.3 Å². The lowest BCUT2D eigenvalue weighted by Gasteiger charge is -2.14. The van der Waals surface area contributed by atoms with Crippen molar-refractivity contribution in [1.29, 1.82) is 0 Å². The lowest BCUT2D eigenvalue weighted by Crippen LogP contribution is -2.38. The second kappa shape index (κ2) is 7.65. The van der Waals surface area contributed by atoms with E-state index in [9.17, 15) is 9.90 Å². The first-order valence-electron chi connectivity index (χ1n) is 7.44. The van der Waals surface area contributed by atoms with Crippen LogP contribution in [0.4, 0.5) is 0 Å². The van der Waals surface area contributed by atoms with Crippen LogP contribution in [0.1, 0.15) is 28.3 Å². The van der Waals surface area contributed by atoms with Crippen LogP contribution >= 0.6 is 11.8 Å². The molecule has 0 unspecified atom stereocenters. The number of aromatic nitrogens is 4. The molecule has 0 saturated carbocycles. The Morgan fingerprint density at radius 1 is 1.52 bits per heavy atom. The Kier molecular flexibility index (Phi) is 5.84. The van der Waals surface area contributed by atoms with Crippen molar-refractivity contribution in [3.8, 4) is 11.3 Å². The number of aliphatic hydroxyl groups excluding tert-OH is 1. The second-order valence-corrected chi connectivity index (χ2v) is 6.46. The van der Waals surface area contributed by atoms with Crippen molar-refractivity contribution in [2.75, 3.05) is 18.6 Å². The van der Waals surface area contributed by atoms with Gasteiger partial charge in [-0.05, 0) is 38.3 Å². The molecule has 2 aromatic rings. The average Bonchev–Trinajstić information content (AvgIpc) is 3.09. The summed E-state index contributed by atoms with van der Waals surface area (Å²) in [5.74, 6) is 0.622. The van der Waals surface area contributed by atoms with Gasteiger partial charge in [-0.15, -0.1) is 0 Å². The van der Waals surface area contributed by atoms with Crippen LogP contribution in [0.15, 0.2) is 6.07 Å². The molecule has 126 valence electrons. The fourth-order valence-corrected chi connectivity index (χ4v) is 2.96. The van der Waals surface area contributed by atoms with Crippen molar-refractivity contribution < 1.29 is 9.90 Å². The van der Waals surface area contributed by atoms with Crippen molar-refractivity contribution in [3.05, 3.63) is 23.1 Å². The Hall–Kier alpha value is -1.80. The third-order valence-corrected chi connectivity index (χ3v) is 4.46. The number of H-pyrrole nitrogens is 1. The molecule has 3 N–H and O–H groups in total. The summed E-state index contributed by atoms with van der Waals surface area (Å²) in [5.41, 5.74) is 3.88. The monoisotopic (exact) mass is 337 g/mol. The Balaban J connectivity index is 2.13. The number of aromatic amines is 1. The molecule has 0 radical (unpaired) electrons. The molecular weight excluding hydrogens is 314 g/mol. The quantitative estimate of drug-likeness (QED) is 0.707. The molecule has 8 heteroatoms. The van der Waals surface area contributed by atoms with Crippen molar-refractivity contribution in [3.63, 3.8) is 0 Å². The highest BCUT2D eigenvalue weighted by atomic mass is 32.2. The van der Waals surface area contributed by atoms with E-state index in [1.54, 1.807) is 22.5 Å². The molecule has 2 rings (SSSR count). The van der Waals surface area contributed by atoms with Gasteiger partial charge in [-0.3, -0.25) is 14.6 Å². The number of thioether (sulfide) groups is 1. The van der Waals surface area contributed by atoms with E-state index in [1.807, 2.05) is 27.2 Å². The third-order valence-electron chi connectivity index (χ3n) is 3.81. The molecule has 23 heavy (non-hydrogen) atoms. The average molecular weight is 337 g/mol. The van der Waals surface area contributed by atoms with Gasteiger partial charge in [0.05, 0.1) is 24.0 Å². The van der Waals surface area contributed by atoms with E-state index in [0.29, 0.717) is 11.4 Å². The van der Waals surface area contributed by atoms with Gasteiger partial charge in [0.2, 0.25) is 0 Å². The van der Waals surface area contributed by atoms with Gasteiger partial charge in [0, 0.05) is 18.3 Å². The molecule has 0 saturated heterocycles. The van der Waals surface area contributed by atoms with Gasteiger partial charge in [-0.25, -0.2) is 0 Å². The fourth-order valence-electron chi connectivity index (χ4n) is 2.44. The molecule has 1 atom stereocenters. The maximum absolute atomic E-state index is 12.3. The Morgan fingerprint density at radius 3 is 2.83 bits per heavy atom. The van der Waals surface area contributed by atoms with Crippen LogP contribution in [-0.2, 0) is 7.05 Å². The zero-order valence-electron chi connectivity index (χ0n) is 13.9. The van der Waals surface area contributed by atoms with Crippen LogP contribution in [-0.4, -0.2) is 55.6 Å². The number of nitrogens with zero attached hydrogens (tertiary/aromatic N) is 3. The standard InChI is InChI=1S/C15H23N5O2S/c1-9-14(10(2)20(3)19-9)12-7-13(18-17-12)15(22)16-11(8-21)5-6-23-4/h7,11,21H,5-6,8H2,1-4H3,(H,16,22)(H,17,18)/t11-/m1/s1. The summed E-state index contributed by atoms with van der Waals surface area (Å²) >= 11 is 1.68. The minimum atomic E-state index is -0.261. The fraction of sp³-hybridized carbons (Fsp3) is 0.533. The highest BCUT2D eigenvalue weighted by molar-refractivity contribution is 7.98. The highest BCUT2D eigenvalue weighted by Crippen LogP contribution is 2.25. The van der Waals surface area contributed by atoms with Crippen molar-refractivity contribution in [2.24, 2.45) is 7.05 Å². The zero-order chi connectivity index (χ0) is 17.0. The number of hydrogen-bond donors (Lipinski definition) is 3. The molecule has 0 aliphatic rings. The number of nitrogens with one attached hydrogen (secondary N) is 2. The molecule has 0 aliphatic carbocycles.